The van der Waals surface area contributed by atoms with E-state index in [0.29, 0.717) is 11.8 Å². The van der Waals surface area contributed by atoms with E-state index in [1.165, 1.54) is 12.8 Å². The van der Waals surface area contributed by atoms with Crippen molar-refractivity contribution in [2.24, 2.45) is 11.8 Å². The van der Waals surface area contributed by atoms with Crippen molar-refractivity contribution in [3.8, 4) is 0 Å². The van der Waals surface area contributed by atoms with Gasteiger partial charge < -0.3 is 5.11 Å². The average Bonchev–Trinajstić information content (AvgIpc) is 1.78. The molecule has 1 aliphatic carbocycles. The van der Waals surface area contributed by atoms with Gasteiger partial charge in [0.2, 0.25) is 0 Å². The van der Waals surface area contributed by atoms with Crippen LogP contribution in [-0.4, -0.2) is 10.7 Å². The minimum atomic E-state index is -0.391. The summed E-state index contributed by atoms with van der Waals surface area (Å²) in [5.41, 5.74) is -0.391. The van der Waals surface area contributed by atoms with E-state index in [2.05, 4.69) is 13.8 Å². The largest absolute Gasteiger partial charge is 0.390 e. The highest BCUT2D eigenvalue weighted by atomic mass is 16.3. The van der Waals surface area contributed by atoms with Gasteiger partial charge in [-0.15, -0.1) is 0 Å². The van der Waals surface area contributed by atoms with Gasteiger partial charge in [-0.1, -0.05) is 20.3 Å². The third-order valence-electron chi connectivity index (χ3n) is 2.92. The smallest absolute Gasteiger partial charge is 0.0647 e. The lowest BCUT2D eigenvalue weighted by Gasteiger charge is -2.38. The lowest BCUT2D eigenvalue weighted by Crippen LogP contribution is -2.38. The SMILES string of the molecule is CC1CC[C@H](C)[C@@](C)(O)C1. The van der Waals surface area contributed by atoms with Crippen LogP contribution in [0, 0.1) is 11.8 Å². The summed E-state index contributed by atoms with van der Waals surface area (Å²) >= 11 is 0. The number of hydrogen-bond donors (Lipinski definition) is 1. The molecule has 1 heteroatoms. The van der Waals surface area contributed by atoms with Crippen LogP contribution in [0.2, 0.25) is 0 Å². The lowest BCUT2D eigenvalue weighted by atomic mass is 9.73. The summed E-state index contributed by atoms with van der Waals surface area (Å²) in [7, 11) is 0. The fourth-order valence-corrected chi connectivity index (χ4v) is 1.85. The topological polar surface area (TPSA) is 20.2 Å². The molecule has 0 aromatic carbocycles. The summed E-state index contributed by atoms with van der Waals surface area (Å²) in [4.78, 5) is 0. The molecule has 1 saturated carbocycles. The molecule has 0 aliphatic heterocycles. The van der Waals surface area contributed by atoms with E-state index in [1.807, 2.05) is 6.92 Å². The molecular formula is C9H18O. The van der Waals surface area contributed by atoms with Crippen LogP contribution in [0.25, 0.3) is 0 Å². The molecule has 10 heavy (non-hydrogen) atoms. The maximum atomic E-state index is 9.81. The maximum Gasteiger partial charge on any atom is 0.0647 e. The average molecular weight is 142 g/mol. The highest BCUT2D eigenvalue weighted by molar-refractivity contribution is 4.85. The first kappa shape index (κ1) is 8.06. The molecule has 1 nitrogen and oxygen atoms in total. The van der Waals surface area contributed by atoms with Crippen molar-refractivity contribution in [3.63, 3.8) is 0 Å². The molecule has 1 aliphatic rings. The lowest BCUT2D eigenvalue weighted by molar-refractivity contribution is -0.0403. The zero-order valence-electron chi connectivity index (χ0n) is 7.22. The number of aliphatic hydroxyl groups is 1. The van der Waals surface area contributed by atoms with Gasteiger partial charge in [0.1, 0.15) is 0 Å². The van der Waals surface area contributed by atoms with Crippen LogP contribution >= 0.6 is 0 Å². The van der Waals surface area contributed by atoms with Crippen molar-refractivity contribution < 1.29 is 5.11 Å². The Bertz CT molecular complexity index is 118. The quantitative estimate of drug-likeness (QED) is 0.549. The molecule has 0 heterocycles. The molecule has 3 atom stereocenters. The Morgan fingerprint density at radius 2 is 1.90 bits per heavy atom. The van der Waals surface area contributed by atoms with Crippen LogP contribution in [0.15, 0.2) is 0 Å². The minimum Gasteiger partial charge on any atom is -0.390 e. The predicted octanol–water partition coefficient (Wildman–Crippen LogP) is 2.19. The van der Waals surface area contributed by atoms with Crippen LogP contribution < -0.4 is 0 Å². The van der Waals surface area contributed by atoms with E-state index < -0.39 is 5.60 Å². The van der Waals surface area contributed by atoms with Crippen molar-refractivity contribution in [2.45, 2.75) is 45.6 Å². The van der Waals surface area contributed by atoms with Crippen LogP contribution in [0.1, 0.15) is 40.0 Å². The third kappa shape index (κ3) is 1.51. The van der Waals surface area contributed by atoms with Gasteiger partial charge in [-0.05, 0) is 31.6 Å². The summed E-state index contributed by atoms with van der Waals surface area (Å²) in [5, 5.41) is 9.81. The van der Waals surface area contributed by atoms with Crippen LogP contribution in [0.5, 0.6) is 0 Å². The van der Waals surface area contributed by atoms with Crippen molar-refractivity contribution in [1.29, 1.82) is 0 Å². The summed E-state index contributed by atoms with van der Waals surface area (Å²) in [6.45, 7) is 6.33. The molecule has 1 unspecified atom stereocenters. The van der Waals surface area contributed by atoms with E-state index in [-0.39, 0.29) is 0 Å². The first-order chi connectivity index (χ1) is 4.52. The molecule has 1 N–H and O–H groups in total. The minimum absolute atomic E-state index is 0.391. The Hall–Kier alpha value is -0.0400. The molecular weight excluding hydrogens is 124 g/mol. The van der Waals surface area contributed by atoms with Gasteiger partial charge in [0, 0.05) is 0 Å². The molecule has 0 amide bonds. The zero-order chi connectivity index (χ0) is 7.78. The Labute approximate surface area is 63.4 Å². The van der Waals surface area contributed by atoms with E-state index in [9.17, 15) is 5.11 Å². The molecule has 0 spiro atoms. The van der Waals surface area contributed by atoms with Gasteiger partial charge in [-0.3, -0.25) is 0 Å². The summed E-state index contributed by atoms with van der Waals surface area (Å²) in [5.74, 6) is 1.20. The van der Waals surface area contributed by atoms with Crippen molar-refractivity contribution >= 4 is 0 Å². The first-order valence-electron chi connectivity index (χ1n) is 4.25. The molecule has 1 rings (SSSR count). The second-order valence-electron chi connectivity index (χ2n) is 4.14. The molecule has 60 valence electrons. The maximum absolute atomic E-state index is 9.81. The third-order valence-corrected chi connectivity index (χ3v) is 2.92. The first-order valence-corrected chi connectivity index (χ1v) is 4.25. The van der Waals surface area contributed by atoms with E-state index >= 15 is 0 Å². The predicted molar refractivity (Wildman–Crippen MR) is 42.8 cm³/mol. The summed E-state index contributed by atoms with van der Waals surface area (Å²) < 4.78 is 0. The molecule has 0 saturated heterocycles. The van der Waals surface area contributed by atoms with E-state index in [0.717, 1.165) is 6.42 Å². The molecule has 0 bridgehead atoms. The number of hydrogen-bond acceptors (Lipinski definition) is 1. The van der Waals surface area contributed by atoms with Gasteiger partial charge in [-0.25, -0.2) is 0 Å². The summed E-state index contributed by atoms with van der Waals surface area (Å²) in [6.07, 6.45) is 3.46. The fourth-order valence-electron chi connectivity index (χ4n) is 1.85. The standard InChI is InChI=1S/C9H18O/c1-7-4-5-8(2)9(3,10)6-7/h7-8,10H,4-6H2,1-3H3/t7?,8-,9-/m0/s1. The Morgan fingerprint density at radius 1 is 1.30 bits per heavy atom. The Morgan fingerprint density at radius 3 is 2.30 bits per heavy atom. The second kappa shape index (κ2) is 2.54. The van der Waals surface area contributed by atoms with Gasteiger partial charge in [0.25, 0.3) is 0 Å². The van der Waals surface area contributed by atoms with Crippen molar-refractivity contribution in [2.75, 3.05) is 0 Å². The van der Waals surface area contributed by atoms with Crippen LogP contribution in [-0.2, 0) is 0 Å². The Balaban J connectivity index is 2.55. The van der Waals surface area contributed by atoms with Gasteiger partial charge >= 0.3 is 0 Å². The zero-order valence-corrected chi connectivity index (χ0v) is 7.22. The highest BCUT2D eigenvalue weighted by Crippen LogP contribution is 2.35. The van der Waals surface area contributed by atoms with E-state index in [1.54, 1.807) is 0 Å². The van der Waals surface area contributed by atoms with E-state index in [4.69, 9.17) is 0 Å². The Kier molecular flexibility index (Phi) is 2.04. The summed E-state index contributed by atoms with van der Waals surface area (Å²) in [6, 6.07) is 0. The monoisotopic (exact) mass is 142 g/mol. The van der Waals surface area contributed by atoms with Gasteiger partial charge in [0.15, 0.2) is 0 Å². The van der Waals surface area contributed by atoms with Gasteiger partial charge in [-0.2, -0.15) is 0 Å². The molecule has 0 aromatic heterocycles. The second-order valence-corrected chi connectivity index (χ2v) is 4.14. The van der Waals surface area contributed by atoms with Crippen molar-refractivity contribution in [3.05, 3.63) is 0 Å². The highest BCUT2D eigenvalue weighted by Gasteiger charge is 2.33. The van der Waals surface area contributed by atoms with Crippen LogP contribution in [0.4, 0.5) is 0 Å². The van der Waals surface area contributed by atoms with Gasteiger partial charge in [0.05, 0.1) is 5.60 Å². The molecule has 0 aromatic rings. The normalized spacial score (nSPS) is 49.2. The molecule has 0 radical (unpaired) electrons. The van der Waals surface area contributed by atoms with Crippen molar-refractivity contribution in [1.82, 2.24) is 0 Å². The molecule has 1 fully saturated rings. The fraction of sp³-hybridized carbons (Fsp3) is 1.00. The number of rotatable bonds is 0. The van der Waals surface area contributed by atoms with Crippen LogP contribution in [0.3, 0.4) is 0 Å².